The highest BCUT2D eigenvalue weighted by atomic mass is 16.5. The molecule has 0 aromatic heterocycles. The maximum Gasteiger partial charge on any atom is 0.0987 e. The van der Waals surface area contributed by atoms with Crippen molar-refractivity contribution in [3.05, 3.63) is 11.3 Å². The van der Waals surface area contributed by atoms with Crippen LogP contribution in [0.2, 0.25) is 0 Å². The molecule has 2 atom stereocenters. The summed E-state index contributed by atoms with van der Waals surface area (Å²) in [5, 5.41) is 3.25. The second kappa shape index (κ2) is 7.75. The summed E-state index contributed by atoms with van der Waals surface area (Å²) in [7, 11) is 2.03. The zero-order valence-corrected chi connectivity index (χ0v) is 12.0. The lowest BCUT2D eigenvalue weighted by molar-refractivity contribution is 0.0621. The van der Waals surface area contributed by atoms with Crippen LogP contribution in [0.1, 0.15) is 59.3 Å². The van der Waals surface area contributed by atoms with Crippen molar-refractivity contribution in [2.24, 2.45) is 5.92 Å². The lowest BCUT2D eigenvalue weighted by Gasteiger charge is -2.32. The maximum absolute atomic E-state index is 6.24. The van der Waals surface area contributed by atoms with Crippen molar-refractivity contribution in [2.45, 2.75) is 65.4 Å². The molecule has 0 aromatic carbocycles. The van der Waals surface area contributed by atoms with E-state index in [9.17, 15) is 0 Å². The number of hydrogen-bond acceptors (Lipinski definition) is 2. The Balaban J connectivity index is 2.75. The normalized spacial score (nSPS) is 22.5. The van der Waals surface area contributed by atoms with Crippen LogP contribution in [-0.4, -0.2) is 19.7 Å². The summed E-state index contributed by atoms with van der Waals surface area (Å²) in [5.41, 5.74) is 1.57. The first kappa shape index (κ1) is 14.6. The van der Waals surface area contributed by atoms with E-state index < -0.39 is 0 Å². The van der Waals surface area contributed by atoms with Crippen molar-refractivity contribution in [3.63, 3.8) is 0 Å². The fourth-order valence-electron chi connectivity index (χ4n) is 2.64. The molecule has 0 bridgehead atoms. The highest BCUT2D eigenvalue weighted by Gasteiger charge is 2.25. The Hall–Kier alpha value is -0.500. The Labute approximate surface area is 107 Å². The summed E-state index contributed by atoms with van der Waals surface area (Å²) in [6, 6.07) is 0. The van der Waals surface area contributed by atoms with Gasteiger partial charge >= 0.3 is 0 Å². The molecule has 0 radical (unpaired) electrons. The molecule has 1 rings (SSSR count). The van der Waals surface area contributed by atoms with Gasteiger partial charge in [-0.15, -0.1) is 0 Å². The quantitative estimate of drug-likeness (QED) is 0.728. The first-order valence-corrected chi connectivity index (χ1v) is 7.29. The van der Waals surface area contributed by atoms with E-state index in [4.69, 9.17) is 4.74 Å². The molecule has 0 saturated carbocycles. The summed E-state index contributed by atoms with van der Waals surface area (Å²) in [4.78, 5) is 0. The van der Waals surface area contributed by atoms with E-state index in [0.29, 0.717) is 12.0 Å². The number of ether oxygens (including phenoxy) is 1. The van der Waals surface area contributed by atoms with Gasteiger partial charge in [-0.3, -0.25) is 0 Å². The number of rotatable bonds is 7. The largest absolute Gasteiger partial charge is 0.495 e. The van der Waals surface area contributed by atoms with Crippen molar-refractivity contribution in [3.8, 4) is 0 Å². The first-order valence-electron chi connectivity index (χ1n) is 7.29. The minimum absolute atomic E-state index is 0.462. The number of hydrogen-bond donors (Lipinski definition) is 1. The molecule has 1 N–H and O–H groups in total. The second-order valence-corrected chi connectivity index (χ2v) is 5.01. The Morgan fingerprint density at radius 3 is 2.65 bits per heavy atom. The van der Waals surface area contributed by atoms with Crippen LogP contribution in [0.3, 0.4) is 0 Å². The minimum atomic E-state index is 0.462. The molecule has 0 amide bonds. The van der Waals surface area contributed by atoms with Crippen LogP contribution in [0.5, 0.6) is 0 Å². The zero-order valence-electron chi connectivity index (χ0n) is 12.0. The van der Waals surface area contributed by atoms with E-state index in [0.717, 1.165) is 19.4 Å². The van der Waals surface area contributed by atoms with Gasteiger partial charge in [-0.25, -0.2) is 0 Å². The van der Waals surface area contributed by atoms with E-state index in [1.54, 1.807) is 5.57 Å². The van der Waals surface area contributed by atoms with Crippen LogP contribution in [0.15, 0.2) is 11.3 Å². The van der Waals surface area contributed by atoms with Gasteiger partial charge in [-0.1, -0.05) is 20.8 Å². The molecule has 0 aliphatic carbocycles. The van der Waals surface area contributed by atoms with Gasteiger partial charge in [0, 0.05) is 5.92 Å². The van der Waals surface area contributed by atoms with Gasteiger partial charge in [0.1, 0.15) is 0 Å². The molecule has 0 aromatic rings. The molecule has 2 unspecified atom stereocenters. The molecule has 100 valence electrons. The summed E-state index contributed by atoms with van der Waals surface area (Å²) in [5.74, 6) is 1.95. The summed E-state index contributed by atoms with van der Waals surface area (Å²) < 4.78 is 6.24. The molecule has 0 spiro atoms. The van der Waals surface area contributed by atoms with E-state index in [1.165, 1.54) is 31.4 Å². The Bertz CT molecular complexity index is 247. The molecular weight excluding hydrogens is 210 g/mol. The summed E-state index contributed by atoms with van der Waals surface area (Å²) in [6.07, 6.45) is 7.61. The van der Waals surface area contributed by atoms with Crippen LogP contribution in [0.25, 0.3) is 0 Å². The van der Waals surface area contributed by atoms with Crippen molar-refractivity contribution in [2.75, 3.05) is 13.6 Å². The second-order valence-electron chi connectivity index (χ2n) is 5.01. The lowest BCUT2D eigenvalue weighted by Crippen LogP contribution is -2.24. The topological polar surface area (TPSA) is 21.3 Å². The predicted octanol–water partition coefficient (Wildman–Crippen LogP) is 3.88. The number of nitrogens with one attached hydrogen (secondary N) is 1. The Morgan fingerprint density at radius 2 is 2.12 bits per heavy atom. The smallest absolute Gasteiger partial charge is 0.0987 e. The molecule has 1 aliphatic heterocycles. The van der Waals surface area contributed by atoms with Crippen molar-refractivity contribution in [1.82, 2.24) is 5.32 Å². The van der Waals surface area contributed by atoms with Gasteiger partial charge in [0.2, 0.25) is 0 Å². The average Bonchev–Trinajstić information content (AvgIpc) is 2.39. The van der Waals surface area contributed by atoms with Gasteiger partial charge in [0.25, 0.3) is 0 Å². The molecule has 0 fully saturated rings. The van der Waals surface area contributed by atoms with Gasteiger partial charge in [0.05, 0.1) is 11.9 Å². The third kappa shape index (κ3) is 4.02. The van der Waals surface area contributed by atoms with Crippen molar-refractivity contribution in [1.29, 1.82) is 0 Å². The van der Waals surface area contributed by atoms with Gasteiger partial charge < -0.3 is 10.1 Å². The Morgan fingerprint density at radius 1 is 1.35 bits per heavy atom. The fraction of sp³-hybridized carbons (Fsp3) is 0.867. The molecule has 2 nitrogen and oxygen atoms in total. The van der Waals surface area contributed by atoms with E-state index in [2.05, 4.69) is 26.1 Å². The standard InChI is InChI=1S/C15H29NO/c1-5-12-8-9-14(7-3)17-15(12)13(6-2)10-11-16-4/h13-14,16H,5-11H2,1-4H3. The average molecular weight is 239 g/mol. The van der Waals surface area contributed by atoms with Gasteiger partial charge in [0.15, 0.2) is 0 Å². The molecule has 1 aliphatic rings. The van der Waals surface area contributed by atoms with Crippen molar-refractivity contribution < 1.29 is 4.74 Å². The highest BCUT2D eigenvalue weighted by molar-refractivity contribution is 5.14. The highest BCUT2D eigenvalue weighted by Crippen LogP contribution is 2.34. The van der Waals surface area contributed by atoms with Crippen LogP contribution >= 0.6 is 0 Å². The van der Waals surface area contributed by atoms with Crippen LogP contribution < -0.4 is 5.32 Å². The Kier molecular flexibility index (Phi) is 6.64. The maximum atomic E-state index is 6.24. The molecule has 17 heavy (non-hydrogen) atoms. The third-order valence-electron chi connectivity index (χ3n) is 3.90. The van der Waals surface area contributed by atoms with Crippen LogP contribution in [-0.2, 0) is 4.74 Å². The fourth-order valence-corrected chi connectivity index (χ4v) is 2.64. The van der Waals surface area contributed by atoms with E-state index in [1.807, 2.05) is 7.05 Å². The van der Waals surface area contributed by atoms with E-state index >= 15 is 0 Å². The molecular formula is C15H29NO. The van der Waals surface area contributed by atoms with Gasteiger partial charge in [-0.05, 0) is 57.7 Å². The molecule has 0 saturated heterocycles. The number of allylic oxidation sites excluding steroid dienone is 2. The third-order valence-corrected chi connectivity index (χ3v) is 3.90. The van der Waals surface area contributed by atoms with Crippen molar-refractivity contribution >= 4 is 0 Å². The zero-order chi connectivity index (χ0) is 12.7. The van der Waals surface area contributed by atoms with Gasteiger partial charge in [-0.2, -0.15) is 0 Å². The molecule has 2 heteroatoms. The summed E-state index contributed by atoms with van der Waals surface area (Å²) in [6.45, 7) is 7.85. The lowest BCUT2D eigenvalue weighted by atomic mass is 9.90. The first-order chi connectivity index (χ1) is 8.26. The van der Waals surface area contributed by atoms with E-state index in [-0.39, 0.29) is 0 Å². The van der Waals surface area contributed by atoms with Crippen LogP contribution in [0.4, 0.5) is 0 Å². The van der Waals surface area contributed by atoms with Crippen LogP contribution in [0, 0.1) is 5.92 Å². The predicted molar refractivity (Wildman–Crippen MR) is 74.0 cm³/mol. The summed E-state index contributed by atoms with van der Waals surface area (Å²) >= 11 is 0. The SMILES string of the molecule is CCC1=C(C(CC)CCNC)OC(CC)CC1. The monoisotopic (exact) mass is 239 g/mol. The molecule has 1 heterocycles. The minimum Gasteiger partial charge on any atom is -0.495 e.